The van der Waals surface area contributed by atoms with E-state index >= 15 is 0 Å². The van der Waals surface area contributed by atoms with Crippen LogP contribution >= 0.6 is 0 Å². The Labute approximate surface area is 95.3 Å². The smallest absolute Gasteiger partial charge is 0.120 e. The first-order chi connectivity index (χ1) is 7.61. The van der Waals surface area contributed by atoms with Crippen LogP contribution in [0.15, 0.2) is 12.1 Å². The van der Waals surface area contributed by atoms with Crippen molar-refractivity contribution in [1.82, 2.24) is 4.90 Å². The Bertz CT molecular complexity index is 405. The molecule has 1 saturated heterocycles. The number of rotatable bonds is 1. The molecule has 16 heavy (non-hydrogen) atoms. The van der Waals surface area contributed by atoms with Crippen molar-refractivity contribution in [3.05, 3.63) is 23.3 Å². The molecule has 2 N–H and O–H groups in total. The molecule has 1 fully saturated rings. The van der Waals surface area contributed by atoms with Crippen molar-refractivity contribution in [1.29, 1.82) is 0 Å². The molecule has 0 aromatic heterocycles. The summed E-state index contributed by atoms with van der Waals surface area (Å²) < 4.78 is 0. The SMILES string of the molecule is CC(C)N1C2CCC1c1c(O)ccc(O)c12. The van der Waals surface area contributed by atoms with E-state index < -0.39 is 0 Å². The lowest BCUT2D eigenvalue weighted by Crippen LogP contribution is -2.27. The van der Waals surface area contributed by atoms with E-state index in [1.165, 1.54) is 0 Å². The van der Waals surface area contributed by atoms with E-state index in [0.29, 0.717) is 29.6 Å². The standard InChI is InChI=1S/C13H17NO2/c1-7(2)14-8-3-4-9(14)13-11(16)6-5-10(15)12(8)13/h5-9,15-16H,3-4H2,1-2H3. The number of phenols is 2. The number of hydrogen-bond donors (Lipinski definition) is 2. The van der Waals surface area contributed by atoms with E-state index in [2.05, 4.69) is 18.7 Å². The second-order valence-electron chi connectivity index (χ2n) is 5.08. The summed E-state index contributed by atoms with van der Waals surface area (Å²) in [6.45, 7) is 4.34. The molecule has 0 spiro atoms. The van der Waals surface area contributed by atoms with Crippen LogP contribution in [0.4, 0.5) is 0 Å². The molecule has 1 aromatic rings. The van der Waals surface area contributed by atoms with Gasteiger partial charge in [0, 0.05) is 29.3 Å². The molecule has 3 rings (SSSR count). The Kier molecular flexibility index (Phi) is 1.96. The molecule has 3 nitrogen and oxygen atoms in total. The molecule has 2 aliphatic rings. The van der Waals surface area contributed by atoms with Gasteiger partial charge < -0.3 is 10.2 Å². The summed E-state index contributed by atoms with van der Waals surface area (Å²) in [4.78, 5) is 2.41. The van der Waals surface area contributed by atoms with E-state index in [0.717, 1.165) is 24.0 Å². The van der Waals surface area contributed by atoms with E-state index in [9.17, 15) is 10.2 Å². The molecule has 0 radical (unpaired) electrons. The Morgan fingerprint density at radius 3 is 1.88 bits per heavy atom. The van der Waals surface area contributed by atoms with Gasteiger partial charge in [0.1, 0.15) is 11.5 Å². The third-order valence-electron chi connectivity index (χ3n) is 3.94. The average Bonchev–Trinajstić information content (AvgIpc) is 2.79. The van der Waals surface area contributed by atoms with Crippen LogP contribution in [0.5, 0.6) is 11.5 Å². The first kappa shape index (κ1) is 9.97. The summed E-state index contributed by atoms with van der Waals surface area (Å²) in [5, 5.41) is 19.9. The van der Waals surface area contributed by atoms with Crippen LogP contribution in [0, 0.1) is 0 Å². The molecule has 2 heterocycles. The second-order valence-corrected chi connectivity index (χ2v) is 5.08. The van der Waals surface area contributed by atoms with E-state index in [4.69, 9.17) is 0 Å². The normalized spacial score (nSPS) is 27.7. The Morgan fingerprint density at radius 1 is 1.06 bits per heavy atom. The highest BCUT2D eigenvalue weighted by atomic mass is 16.3. The molecule has 0 amide bonds. The van der Waals surface area contributed by atoms with Gasteiger partial charge in [-0.3, -0.25) is 4.90 Å². The van der Waals surface area contributed by atoms with E-state index in [1.54, 1.807) is 12.1 Å². The van der Waals surface area contributed by atoms with Gasteiger partial charge in [-0.05, 0) is 38.8 Å². The van der Waals surface area contributed by atoms with E-state index in [1.807, 2.05) is 0 Å². The zero-order valence-corrected chi connectivity index (χ0v) is 9.64. The fourth-order valence-corrected chi connectivity index (χ4v) is 3.45. The van der Waals surface area contributed by atoms with Gasteiger partial charge >= 0.3 is 0 Å². The van der Waals surface area contributed by atoms with Gasteiger partial charge in [-0.25, -0.2) is 0 Å². The van der Waals surface area contributed by atoms with Crippen LogP contribution < -0.4 is 0 Å². The monoisotopic (exact) mass is 219 g/mol. The molecular weight excluding hydrogens is 202 g/mol. The lowest BCUT2D eigenvalue weighted by molar-refractivity contribution is 0.172. The highest BCUT2D eigenvalue weighted by Gasteiger charge is 2.47. The fourth-order valence-electron chi connectivity index (χ4n) is 3.45. The third kappa shape index (κ3) is 1.07. The van der Waals surface area contributed by atoms with Crippen molar-refractivity contribution < 1.29 is 10.2 Å². The topological polar surface area (TPSA) is 43.7 Å². The Hall–Kier alpha value is -1.22. The minimum Gasteiger partial charge on any atom is -0.508 e. The van der Waals surface area contributed by atoms with Crippen molar-refractivity contribution in [3.63, 3.8) is 0 Å². The maximum absolute atomic E-state index is 9.94. The molecule has 86 valence electrons. The zero-order valence-electron chi connectivity index (χ0n) is 9.64. The van der Waals surface area contributed by atoms with Crippen molar-refractivity contribution in [2.45, 2.75) is 44.8 Å². The molecule has 2 aliphatic heterocycles. The minimum absolute atomic E-state index is 0.298. The van der Waals surface area contributed by atoms with Gasteiger partial charge in [0.15, 0.2) is 0 Å². The maximum Gasteiger partial charge on any atom is 0.120 e. The average molecular weight is 219 g/mol. The van der Waals surface area contributed by atoms with Crippen LogP contribution in [0.3, 0.4) is 0 Å². The van der Waals surface area contributed by atoms with Crippen molar-refractivity contribution in [3.8, 4) is 11.5 Å². The van der Waals surface area contributed by atoms with E-state index in [-0.39, 0.29) is 0 Å². The lowest BCUT2D eigenvalue weighted by Gasteiger charge is -2.26. The van der Waals surface area contributed by atoms with Crippen LogP contribution in [-0.4, -0.2) is 21.2 Å². The number of aromatic hydroxyl groups is 2. The Balaban J connectivity index is 2.18. The van der Waals surface area contributed by atoms with Crippen molar-refractivity contribution >= 4 is 0 Å². The predicted molar refractivity (Wildman–Crippen MR) is 61.5 cm³/mol. The summed E-state index contributed by atoms with van der Waals surface area (Å²) >= 11 is 0. The number of benzene rings is 1. The zero-order chi connectivity index (χ0) is 11.4. The van der Waals surface area contributed by atoms with Gasteiger partial charge in [-0.15, -0.1) is 0 Å². The van der Waals surface area contributed by atoms with Gasteiger partial charge in [0.25, 0.3) is 0 Å². The van der Waals surface area contributed by atoms with Crippen LogP contribution in [0.1, 0.15) is 49.9 Å². The van der Waals surface area contributed by atoms with Gasteiger partial charge in [0.05, 0.1) is 0 Å². The molecule has 2 bridgehead atoms. The van der Waals surface area contributed by atoms with Crippen molar-refractivity contribution in [2.75, 3.05) is 0 Å². The minimum atomic E-state index is 0.298. The Morgan fingerprint density at radius 2 is 1.50 bits per heavy atom. The summed E-state index contributed by atoms with van der Waals surface area (Å²) in [6.07, 6.45) is 2.18. The molecular formula is C13H17NO2. The first-order valence-corrected chi connectivity index (χ1v) is 5.93. The molecule has 0 aliphatic carbocycles. The first-order valence-electron chi connectivity index (χ1n) is 5.93. The quantitative estimate of drug-likeness (QED) is 0.714. The molecule has 2 unspecified atom stereocenters. The number of phenolic OH excluding ortho intramolecular Hbond substituents is 2. The molecule has 2 atom stereocenters. The summed E-state index contributed by atoms with van der Waals surface area (Å²) in [7, 11) is 0. The van der Waals surface area contributed by atoms with Crippen LogP contribution in [0.2, 0.25) is 0 Å². The predicted octanol–water partition coefficient (Wildman–Crippen LogP) is 2.70. The lowest BCUT2D eigenvalue weighted by atomic mass is 9.90. The highest BCUT2D eigenvalue weighted by molar-refractivity contribution is 5.55. The third-order valence-corrected chi connectivity index (χ3v) is 3.94. The molecule has 1 aromatic carbocycles. The van der Waals surface area contributed by atoms with Crippen molar-refractivity contribution in [2.24, 2.45) is 0 Å². The number of fused-ring (bicyclic) bond motifs is 5. The number of nitrogens with zero attached hydrogens (tertiary/aromatic N) is 1. The number of hydrogen-bond acceptors (Lipinski definition) is 3. The highest BCUT2D eigenvalue weighted by Crippen LogP contribution is 2.58. The summed E-state index contributed by atoms with van der Waals surface area (Å²) in [5.74, 6) is 0.677. The molecule has 3 heteroatoms. The van der Waals surface area contributed by atoms with Crippen LogP contribution in [-0.2, 0) is 0 Å². The molecule has 0 saturated carbocycles. The van der Waals surface area contributed by atoms with Crippen LogP contribution in [0.25, 0.3) is 0 Å². The second kappa shape index (κ2) is 3.14. The maximum atomic E-state index is 9.94. The fraction of sp³-hybridized carbons (Fsp3) is 0.538. The summed E-state index contributed by atoms with van der Waals surface area (Å²) in [5.41, 5.74) is 1.93. The van der Waals surface area contributed by atoms with Gasteiger partial charge in [-0.2, -0.15) is 0 Å². The largest absolute Gasteiger partial charge is 0.508 e. The van der Waals surface area contributed by atoms with Gasteiger partial charge in [-0.1, -0.05) is 0 Å². The summed E-state index contributed by atoms with van der Waals surface area (Å²) in [6, 6.07) is 4.25. The van der Waals surface area contributed by atoms with Gasteiger partial charge in [0.2, 0.25) is 0 Å².